The van der Waals surface area contributed by atoms with Crippen molar-refractivity contribution in [1.29, 1.82) is 0 Å². The van der Waals surface area contributed by atoms with Crippen molar-refractivity contribution >= 4 is 7.62 Å². The summed E-state index contributed by atoms with van der Waals surface area (Å²) < 4.78 is 4.78. The molecule has 1 heterocycles. The third-order valence-electron chi connectivity index (χ3n) is 0.640. The van der Waals surface area contributed by atoms with E-state index in [1.165, 1.54) is 0 Å². The minimum Gasteiger partial charge on any atom is -0.554 e. The molecule has 1 N–H and O–H groups in total. The monoisotopic (exact) mass is 83.1 g/mol. The van der Waals surface area contributed by atoms with Crippen LogP contribution < -0.4 is 5.23 Å². The van der Waals surface area contributed by atoms with E-state index in [1.807, 2.05) is 6.08 Å². The van der Waals surface area contributed by atoms with Crippen LogP contribution >= 0.6 is 0 Å². The van der Waals surface area contributed by atoms with Crippen LogP contribution in [0.15, 0.2) is 12.3 Å². The molecule has 6 heavy (non-hydrogen) atoms. The smallest absolute Gasteiger partial charge is 0.427 e. The van der Waals surface area contributed by atoms with E-state index in [1.54, 1.807) is 6.26 Å². The zero-order chi connectivity index (χ0) is 4.24. The van der Waals surface area contributed by atoms with E-state index >= 15 is 0 Å². The standard InChI is InChI=1S/C3H6BNO/c1-2-5-4-6-3-1/h1,3-5H,2H2. The molecule has 0 aromatic carbocycles. The summed E-state index contributed by atoms with van der Waals surface area (Å²) in [6.45, 7) is 0.944. The molecule has 0 unspecified atom stereocenters. The van der Waals surface area contributed by atoms with E-state index in [4.69, 9.17) is 4.65 Å². The minimum atomic E-state index is 0.663. The van der Waals surface area contributed by atoms with Crippen LogP contribution in [0.3, 0.4) is 0 Å². The van der Waals surface area contributed by atoms with Crippen molar-refractivity contribution in [3.63, 3.8) is 0 Å². The van der Waals surface area contributed by atoms with Gasteiger partial charge in [-0.05, 0) is 6.08 Å². The Morgan fingerprint density at radius 3 is 3.00 bits per heavy atom. The van der Waals surface area contributed by atoms with Gasteiger partial charge in [0.15, 0.2) is 0 Å². The van der Waals surface area contributed by atoms with E-state index in [2.05, 4.69) is 5.23 Å². The normalized spacial score (nSPS) is 18.7. The molecule has 0 saturated heterocycles. The topological polar surface area (TPSA) is 21.3 Å². The zero-order valence-electron chi connectivity index (χ0n) is 3.48. The van der Waals surface area contributed by atoms with Gasteiger partial charge < -0.3 is 9.88 Å². The first-order valence-corrected chi connectivity index (χ1v) is 1.97. The second-order valence-electron chi connectivity index (χ2n) is 1.14. The van der Waals surface area contributed by atoms with Gasteiger partial charge in [0.1, 0.15) is 0 Å². The Bertz CT molecular complexity index is 55.8. The fourth-order valence-corrected chi connectivity index (χ4v) is 0.365. The molecule has 32 valence electrons. The Morgan fingerprint density at radius 1 is 1.83 bits per heavy atom. The lowest BCUT2D eigenvalue weighted by Gasteiger charge is -2.02. The van der Waals surface area contributed by atoms with Gasteiger partial charge in [0.05, 0.1) is 6.26 Å². The molecule has 0 spiro atoms. The first kappa shape index (κ1) is 3.74. The third-order valence-corrected chi connectivity index (χ3v) is 0.640. The van der Waals surface area contributed by atoms with E-state index in [-0.39, 0.29) is 0 Å². The summed E-state index contributed by atoms with van der Waals surface area (Å²) in [7, 11) is 0.663. The van der Waals surface area contributed by atoms with Crippen LogP contribution in [0.5, 0.6) is 0 Å². The molecule has 0 aliphatic carbocycles. The number of hydrogen-bond donors (Lipinski definition) is 1. The highest BCUT2D eigenvalue weighted by atomic mass is 16.4. The SMILES string of the molecule is B1NCC=CO1. The number of rotatable bonds is 0. The summed E-state index contributed by atoms with van der Waals surface area (Å²) >= 11 is 0. The molecule has 0 amide bonds. The predicted octanol–water partition coefficient (Wildman–Crippen LogP) is -0.614. The quantitative estimate of drug-likeness (QED) is 0.394. The number of nitrogens with one attached hydrogen (secondary N) is 1. The predicted molar refractivity (Wildman–Crippen MR) is 25.4 cm³/mol. The Labute approximate surface area is 37.5 Å². The first-order valence-electron chi connectivity index (χ1n) is 1.97. The Hall–Kier alpha value is -0.435. The largest absolute Gasteiger partial charge is 0.554 e. The first-order chi connectivity index (χ1) is 3.00. The average molecular weight is 82.9 g/mol. The fraction of sp³-hybridized carbons (Fsp3) is 0.333. The van der Waals surface area contributed by atoms with Crippen molar-refractivity contribution in [2.75, 3.05) is 6.54 Å². The van der Waals surface area contributed by atoms with Gasteiger partial charge in [-0.15, -0.1) is 0 Å². The Balaban J connectivity index is 2.26. The van der Waals surface area contributed by atoms with Gasteiger partial charge in [-0.25, -0.2) is 0 Å². The summed E-state index contributed by atoms with van der Waals surface area (Å²) in [6.07, 6.45) is 3.64. The van der Waals surface area contributed by atoms with Crippen molar-refractivity contribution < 1.29 is 4.65 Å². The van der Waals surface area contributed by atoms with Gasteiger partial charge >= 0.3 is 7.62 Å². The maximum Gasteiger partial charge on any atom is 0.427 e. The summed E-state index contributed by atoms with van der Waals surface area (Å²) in [5.41, 5.74) is 0. The Kier molecular flexibility index (Phi) is 1.17. The summed E-state index contributed by atoms with van der Waals surface area (Å²) in [6, 6.07) is 0. The molecule has 0 aromatic rings. The molecular weight excluding hydrogens is 76.9 g/mol. The lowest BCUT2D eigenvalue weighted by atomic mass is 10.2. The fourth-order valence-electron chi connectivity index (χ4n) is 0.365. The summed E-state index contributed by atoms with van der Waals surface area (Å²) in [4.78, 5) is 0. The molecule has 0 fully saturated rings. The van der Waals surface area contributed by atoms with Crippen molar-refractivity contribution in [3.05, 3.63) is 12.3 Å². The highest BCUT2D eigenvalue weighted by Crippen LogP contribution is 1.76. The highest BCUT2D eigenvalue weighted by molar-refractivity contribution is 6.24. The molecule has 0 radical (unpaired) electrons. The van der Waals surface area contributed by atoms with E-state index in [0.29, 0.717) is 7.62 Å². The Morgan fingerprint density at radius 2 is 2.83 bits per heavy atom. The lowest BCUT2D eigenvalue weighted by Crippen LogP contribution is -2.23. The molecule has 1 aliphatic heterocycles. The second-order valence-corrected chi connectivity index (χ2v) is 1.14. The van der Waals surface area contributed by atoms with Gasteiger partial charge in [-0.1, -0.05) is 0 Å². The van der Waals surface area contributed by atoms with Gasteiger partial charge in [-0.3, -0.25) is 0 Å². The van der Waals surface area contributed by atoms with Crippen molar-refractivity contribution in [2.24, 2.45) is 0 Å². The van der Waals surface area contributed by atoms with Crippen molar-refractivity contribution in [3.8, 4) is 0 Å². The number of hydrogen-bond acceptors (Lipinski definition) is 2. The molecule has 3 heteroatoms. The van der Waals surface area contributed by atoms with Gasteiger partial charge in [0, 0.05) is 6.54 Å². The van der Waals surface area contributed by atoms with Crippen LogP contribution in [0.25, 0.3) is 0 Å². The average Bonchev–Trinajstić information content (AvgIpc) is 1.72. The van der Waals surface area contributed by atoms with E-state index in [0.717, 1.165) is 6.54 Å². The second kappa shape index (κ2) is 1.87. The van der Waals surface area contributed by atoms with Crippen LogP contribution in [0.4, 0.5) is 0 Å². The van der Waals surface area contributed by atoms with Gasteiger partial charge in [0.2, 0.25) is 0 Å². The van der Waals surface area contributed by atoms with Crippen molar-refractivity contribution in [1.82, 2.24) is 5.23 Å². The molecule has 0 aromatic heterocycles. The third kappa shape index (κ3) is 0.757. The van der Waals surface area contributed by atoms with Crippen LogP contribution in [-0.4, -0.2) is 14.2 Å². The van der Waals surface area contributed by atoms with Crippen LogP contribution in [-0.2, 0) is 4.65 Å². The van der Waals surface area contributed by atoms with E-state index < -0.39 is 0 Å². The maximum absolute atomic E-state index is 4.78. The summed E-state index contributed by atoms with van der Waals surface area (Å²) in [5.74, 6) is 0. The van der Waals surface area contributed by atoms with Gasteiger partial charge in [-0.2, -0.15) is 0 Å². The highest BCUT2D eigenvalue weighted by Gasteiger charge is 1.88. The van der Waals surface area contributed by atoms with E-state index in [9.17, 15) is 0 Å². The molecule has 2 nitrogen and oxygen atoms in total. The minimum absolute atomic E-state index is 0.663. The van der Waals surface area contributed by atoms with Crippen LogP contribution in [0.2, 0.25) is 0 Å². The molecule has 1 rings (SSSR count). The molecule has 0 saturated carbocycles. The van der Waals surface area contributed by atoms with Crippen LogP contribution in [0, 0.1) is 0 Å². The van der Waals surface area contributed by atoms with Crippen molar-refractivity contribution in [2.45, 2.75) is 0 Å². The molecular formula is C3H6BNO. The molecule has 0 bridgehead atoms. The maximum atomic E-state index is 4.78. The zero-order valence-corrected chi connectivity index (χ0v) is 3.48. The van der Waals surface area contributed by atoms with Gasteiger partial charge in [0.25, 0.3) is 0 Å². The van der Waals surface area contributed by atoms with Crippen LogP contribution in [0.1, 0.15) is 0 Å². The molecule has 0 atom stereocenters. The molecule has 1 aliphatic rings. The summed E-state index contributed by atoms with van der Waals surface area (Å²) in [5, 5.41) is 2.98. The lowest BCUT2D eigenvalue weighted by molar-refractivity contribution is 0.487.